The Balaban J connectivity index is 2.19. The molecule has 0 radical (unpaired) electrons. The van der Waals surface area contributed by atoms with Gasteiger partial charge < -0.3 is 16.2 Å². The largest absolute Gasteiger partial charge is 0.380 e. The number of hydrogen-bond donors (Lipinski definition) is 2. The first-order chi connectivity index (χ1) is 6.78. The molecule has 14 heavy (non-hydrogen) atoms. The molecule has 1 saturated heterocycles. The summed E-state index contributed by atoms with van der Waals surface area (Å²) in [5.41, 5.74) is 12.8. The van der Waals surface area contributed by atoms with Crippen molar-refractivity contribution in [2.75, 3.05) is 19.8 Å². The standard InChI is InChI=1S/C10H15N3O/c11-5-10(6-14-7-10)9(12)8-2-1-3-13-4-8/h1-4,9H,5-7,11-12H2. The fourth-order valence-electron chi connectivity index (χ4n) is 1.70. The van der Waals surface area contributed by atoms with Crippen LogP contribution in [0.1, 0.15) is 11.6 Å². The second-order valence-electron chi connectivity index (χ2n) is 3.82. The monoisotopic (exact) mass is 193 g/mol. The molecule has 0 bridgehead atoms. The Hall–Kier alpha value is -0.970. The molecule has 4 heteroatoms. The average molecular weight is 193 g/mol. The van der Waals surface area contributed by atoms with E-state index in [4.69, 9.17) is 16.2 Å². The van der Waals surface area contributed by atoms with Crippen molar-refractivity contribution in [3.63, 3.8) is 0 Å². The molecule has 2 heterocycles. The maximum absolute atomic E-state index is 6.15. The Kier molecular flexibility index (Phi) is 2.50. The van der Waals surface area contributed by atoms with E-state index in [2.05, 4.69) is 4.98 Å². The van der Waals surface area contributed by atoms with E-state index < -0.39 is 0 Å². The summed E-state index contributed by atoms with van der Waals surface area (Å²) in [4.78, 5) is 4.05. The molecular weight excluding hydrogens is 178 g/mol. The van der Waals surface area contributed by atoms with Crippen LogP contribution in [0.25, 0.3) is 0 Å². The number of ether oxygens (including phenoxy) is 1. The van der Waals surface area contributed by atoms with Gasteiger partial charge in [0.15, 0.2) is 0 Å². The van der Waals surface area contributed by atoms with E-state index in [0.717, 1.165) is 5.56 Å². The zero-order valence-corrected chi connectivity index (χ0v) is 8.02. The smallest absolute Gasteiger partial charge is 0.0575 e. The van der Waals surface area contributed by atoms with Gasteiger partial charge in [-0.2, -0.15) is 0 Å². The Labute approximate surface area is 83.3 Å². The van der Waals surface area contributed by atoms with Gasteiger partial charge in [-0.3, -0.25) is 4.98 Å². The van der Waals surface area contributed by atoms with Crippen LogP contribution in [-0.4, -0.2) is 24.7 Å². The number of pyridine rings is 1. The Morgan fingerprint density at radius 3 is 2.79 bits per heavy atom. The van der Waals surface area contributed by atoms with Gasteiger partial charge in [0.2, 0.25) is 0 Å². The fourth-order valence-corrected chi connectivity index (χ4v) is 1.70. The number of aromatic nitrogens is 1. The van der Waals surface area contributed by atoms with Crippen LogP contribution in [0.5, 0.6) is 0 Å². The van der Waals surface area contributed by atoms with Crippen LogP contribution in [0.15, 0.2) is 24.5 Å². The van der Waals surface area contributed by atoms with Crippen molar-refractivity contribution >= 4 is 0 Å². The van der Waals surface area contributed by atoms with Crippen LogP contribution in [0.2, 0.25) is 0 Å². The highest BCUT2D eigenvalue weighted by Crippen LogP contribution is 2.37. The molecule has 4 nitrogen and oxygen atoms in total. The highest BCUT2D eigenvalue weighted by Gasteiger charge is 2.43. The fraction of sp³-hybridized carbons (Fsp3) is 0.500. The first-order valence-corrected chi connectivity index (χ1v) is 4.72. The van der Waals surface area contributed by atoms with Gasteiger partial charge in [0.1, 0.15) is 0 Å². The van der Waals surface area contributed by atoms with Gasteiger partial charge in [0.25, 0.3) is 0 Å². The van der Waals surface area contributed by atoms with Crippen LogP contribution in [0.4, 0.5) is 0 Å². The van der Waals surface area contributed by atoms with Crippen molar-refractivity contribution in [2.45, 2.75) is 6.04 Å². The SMILES string of the molecule is NCC1(C(N)c2cccnc2)COC1. The summed E-state index contributed by atoms with van der Waals surface area (Å²) in [5.74, 6) is 0. The summed E-state index contributed by atoms with van der Waals surface area (Å²) in [6, 6.07) is 3.79. The molecule has 1 aliphatic heterocycles. The number of rotatable bonds is 3. The minimum absolute atomic E-state index is 0.0741. The maximum atomic E-state index is 6.15. The lowest BCUT2D eigenvalue weighted by Gasteiger charge is -2.44. The van der Waals surface area contributed by atoms with E-state index in [1.54, 1.807) is 12.4 Å². The van der Waals surface area contributed by atoms with Crippen molar-refractivity contribution in [1.82, 2.24) is 4.98 Å². The van der Waals surface area contributed by atoms with E-state index in [9.17, 15) is 0 Å². The zero-order chi connectivity index (χ0) is 10.0. The van der Waals surface area contributed by atoms with Crippen LogP contribution < -0.4 is 11.5 Å². The third-order valence-corrected chi connectivity index (χ3v) is 2.89. The molecule has 4 N–H and O–H groups in total. The molecule has 1 fully saturated rings. The Bertz CT molecular complexity index is 292. The predicted octanol–water partition coefficient (Wildman–Crippen LogP) is 0.0567. The second kappa shape index (κ2) is 3.65. The molecule has 2 rings (SSSR count). The molecule has 0 aliphatic carbocycles. The normalized spacial score (nSPS) is 21.3. The van der Waals surface area contributed by atoms with Crippen molar-refractivity contribution < 1.29 is 4.74 Å². The molecular formula is C10H15N3O. The van der Waals surface area contributed by atoms with Crippen LogP contribution in [0, 0.1) is 5.41 Å². The molecule has 1 aliphatic rings. The van der Waals surface area contributed by atoms with E-state index in [0.29, 0.717) is 19.8 Å². The van der Waals surface area contributed by atoms with Gasteiger partial charge in [0, 0.05) is 30.4 Å². The molecule has 1 aromatic heterocycles. The second-order valence-corrected chi connectivity index (χ2v) is 3.82. The topological polar surface area (TPSA) is 74.2 Å². The summed E-state index contributed by atoms with van der Waals surface area (Å²) in [5, 5.41) is 0. The van der Waals surface area contributed by atoms with Gasteiger partial charge in [-0.15, -0.1) is 0 Å². The molecule has 76 valence electrons. The van der Waals surface area contributed by atoms with Crippen molar-refractivity contribution in [2.24, 2.45) is 16.9 Å². The molecule has 0 aromatic carbocycles. The van der Waals surface area contributed by atoms with Crippen LogP contribution in [0.3, 0.4) is 0 Å². The maximum Gasteiger partial charge on any atom is 0.0575 e. The van der Waals surface area contributed by atoms with Crippen LogP contribution >= 0.6 is 0 Å². The van der Waals surface area contributed by atoms with Crippen molar-refractivity contribution in [1.29, 1.82) is 0 Å². The zero-order valence-electron chi connectivity index (χ0n) is 8.02. The van der Waals surface area contributed by atoms with E-state index in [1.807, 2.05) is 12.1 Å². The van der Waals surface area contributed by atoms with E-state index in [-0.39, 0.29) is 11.5 Å². The third-order valence-electron chi connectivity index (χ3n) is 2.89. The van der Waals surface area contributed by atoms with E-state index in [1.165, 1.54) is 0 Å². The van der Waals surface area contributed by atoms with E-state index >= 15 is 0 Å². The average Bonchev–Trinajstić information content (AvgIpc) is 2.18. The van der Waals surface area contributed by atoms with Gasteiger partial charge in [-0.1, -0.05) is 6.07 Å². The van der Waals surface area contributed by atoms with Gasteiger partial charge in [0.05, 0.1) is 13.2 Å². The predicted molar refractivity (Wildman–Crippen MR) is 53.5 cm³/mol. The highest BCUT2D eigenvalue weighted by atomic mass is 16.5. The summed E-state index contributed by atoms with van der Waals surface area (Å²) in [6.45, 7) is 1.86. The van der Waals surface area contributed by atoms with Crippen molar-refractivity contribution in [3.05, 3.63) is 30.1 Å². The molecule has 1 unspecified atom stereocenters. The minimum Gasteiger partial charge on any atom is -0.380 e. The van der Waals surface area contributed by atoms with Crippen molar-refractivity contribution in [3.8, 4) is 0 Å². The molecule has 0 spiro atoms. The number of hydrogen-bond acceptors (Lipinski definition) is 4. The molecule has 0 amide bonds. The summed E-state index contributed by atoms with van der Waals surface area (Å²) in [7, 11) is 0. The summed E-state index contributed by atoms with van der Waals surface area (Å²) in [6.07, 6.45) is 3.53. The first-order valence-electron chi connectivity index (χ1n) is 4.72. The quantitative estimate of drug-likeness (QED) is 0.711. The lowest BCUT2D eigenvalue weighted by atomic mass is 9.76. The molecule has 1 aromatic rings. The van der Waals surface area contributed by atoms with Gasteiger partial charge >= 0.3 is 0 Å². The van der Waals surface area contributed by atoms with Gasteiger partial charge in [-0.25, -0.2) is 0 Å². The summed E-state index contributed by atoms with van der Waals surface area (Å²) >= 11 is 0. The minimum atomic E-state index is -0.0803. The van der Waals surface area contributed by atoms with Crippen LogP contribution in [-0.2, 0) is 4.74 Å². The number of nitrogens with zero attached hydrogens (tertiary/aromatic N) is 1. The third kappa shape index (κ3) is 1.41. The summed E-state index contributed by atoms with van der Waals surface area (Å²) < 4.78 is 5.19. The lowest BCUT2D eigenvalue weighted by Crippen LogP contribution is -2.54. The lowest BCUT2D eigenvalue weighted by molar-refractivity contribution is -0.121. The Morgan fingerprint density at radius 1 is 1.57 bits per heavy atom. The number of nitrogens with two attached hydrogens (primary N) is 2. The molecule has 0 saturated carbocycles. The van der Waals surface area contributed by atoms with Gasteiger partial charge in [-0.05, 0) is 11.6 Å². The molecule has 1 atom stereocenters. The Morgan fingerprint density at radius 2 is 2.36 bits per heavy atom. The highest BCUT2D eigenvalue weighted by molar-refractivity contribution is 5.18. The first kappa shape index (κ1) is 9.58.